The molecular weight excluding hydrogens is 658 g/mol. The van der Waals surface area contributed by atoms with E-state index in [9.17, 15) is 24.0 Å². The lowest BCUT2D eigenvalue weighted by Gasteiger charge is -2.36. The summed E-state index contributed by atoms with van der Waals surface area (Å²) in [6.45, 7) is 9.38. The molecule has 0 bridgehead atoms. The molecule has 5 rings (SSSR count). The number of oxime groups is 1. The lowest BCUT2D eigenvalue weighted by Crippen LogP contribution is -2.57. The molecule has 0 radical (unpaired) electrons. The summed E-state index contributed by atoms with van der Waals surface area (Å²) in [6, 6.07) is 1.82. The predicted molar refractivity (Wildman–Crippen MR) is 191 cm³/mol. The van der Waals surface area contributed by atoms with Crippen molar-refractivity contribution in [3.05, 3.63) is 28.3 Å². The number of methoxy groups -OCH3 is 1. The summed E-state index contributed by atoms with van der Waals surface area (Å²) in [6.07, 6.45) is 8.70. The second-order valence-corrected chi connectivity index (χ2v) is 16.6. The summed E-state index contributed by atoms with van der Waals surface area (Å²) in [5.41, 5.74) is 0.677. The number of nitrogens with zero attached hydrogens (tertiary/aromatic N) is 2. The molecule has 1 aromatic rings. The minimum atomic E-state index is -0.992. The molecule has 1 unspecified atom stereocenters. The Balaban J connectivity index is 1.42. The Morgan fingerprint density at radius 3 is 2.40 bits per heavy atom. The summed E-state index contributed by atoms with van der Waals surface area (Å²) >= 11 is 6.48. The molecule has 10 nitrogen and oxygen atoms in total. The Kier molecular flexibility index (Phi) is 11.8. The summed E-state index contributed by atoms with van der Waals surface area (Å²) in [5.74, 6) is -1.33. The number of Topliss-reactive ketones (excluding diaryl/α,β-unsaturated/α-hetero) is 3. The van der Waals surface area contributed by atoms with Gasteiger partial charge in [0, 0.05) is 43.6 Å². The van der Waals surface area contributed by atoms with E-state index in [1.54, 1.807) is 25.0 Å². The van der Waals surface area contributed by atoms with Gasteiger partial charge in [-0.3, -0.25) is 24.0 Å². The third kappa shape index (κ3) is 8.78. The zero-order valence-electron chi connectivity index (χ0n) is 30.6. The number of hydrogen-bond donors (Lipinski definition) is 1. The minimum Gasteiger partial charge on any atom is -0.495 e. The van der Waals surface area contributed by atoms with Gasteiger partial charge in [0.15, 0.2) is 17.2 Å². The molecule has 50 heavy (non-hydrogen) atoms. The van der Waals surface area contributed by atoms with Gasteiger partial charge in [-0.1, -0.05) is 76.6 Å². The van der Waals surface area contributed by atoms with Crippen molar-refractivity contribution in [1.29, 1.82) is 0 Å². The molecule has 1 aromatic carbocycles. The lowest BCUT2D eigenvalue weighted by atomic mass is 9.83. The average Bonchev–Trinajstić information content (AvgIpc) is 3.68. The van der Waals surface area contributed by atoms with Gasteiger partial charge >= 0.3 is 0 Å². The van der Waals surface area contributed by atoms with Gasteiger partial charge < -0.3 is 19.8 Å². The molecule has 4 aliphatic rings. The Bertz CT molecular complexity index is 1520. The number of benzene rings is 1. The molecule has 1 saturated heterocycles. The van der Waals surface area contributed by atoms with E-state index in [1.807, 2.05) is 33.8 Å². The number of halogens is 1. The van der Waals surface area contributed by atoms with E-state index < -0.39 is 40.6 Å². The van der Waals surface area contributed by atoms with Crippen molar-refractivity contribution in [2.75, 3.05) is 13.7 Å². The number of carbonyl (C=O) groups is 5. The van der Waals surface area contributed by atoms with E-state index in [0.29, 0.717) is 47.6 Å². The molecule has 3 fully saturated rings. The average molecular weight is 712 g/mol. The number of ether oxygens (including phenoxy) is 1. The van der Waals surface area contributed by atoms with Crippen molar-refractivity contribution in [3.8, 4) is 5.75 Å². The summed E-state index contributed by atoms with van der Waals surface area (Å²) < 4.78 is 5.38. The van der Waals surface area contributed by atoms with Crippen LogP contribution in [0.3, 0.4) is 0 Å². The summed E-state index contributed by atoms with van der Waals surface area (Å²) in [5, 5.41) is 7.95. The smallest absolute Gasteiger partial charge is 0.246 e. The Morgan fingerprint density at radius 1 is 1.08 bits per heavy atom. The lowest BCUT2D eigenvalue weighted by molar-refractivity contribution is -0.145. The number of amides is 2. The number of nitrogens with one attached hydrogen (secondary N) is 1. The number of carbonyl (C=O) groups excluding carboxylic acids is 5. The Hall–Kier alpha value is -3.27. The van der Waals surface area contributed by atoms with E-state index in [2.05, 4.69) is 10.5 Å². The van der Waals surface area contributed by atoms with Gasteiger partial charge in [0.2, 0.25) is 17.6 Å². The second-order valence-electron chi connectivity index (χ2n) is 16.2. The molecule has 4 atom stereocenters. The molecule has 0 aromatic heterocycles. The van der Waals surface area contributed by atoms with E-state index in [4.69, 9.17) is 21.2 Å². The highest BCUT2D eigenvalue weighted by Crippen LogP contribution is 2.43. The monoisotopic (exact) mass is 711 g/mol. The molecule has 2 aliphatic carbocycles. The van der Waals surface area contributed by atoms with Crippen LogP contribution in [0.1, 0.15) is 122 Å². The molecule has 2 saturated carbocycles. The van der Waals surface area contributed by atoms with Crippen LogP contribution in [0.25, 0.3) is 0 Å². The van der Waals surface area contributed by atoms with Crippen LogP contribution in [0.5, 0.6) is 5.75 Å². The minimum absolute atomic E-state index is 0.0817. The topological polar surface area (TPSA) is 131 Å². The number of rotatable bonds is 14. The fraction of sp³-hybridized carbons (Fsp3) is 0.692. The van der Waals surface area contributed by atoms with Gasteiger partial charge in [-0.2, -0.15) is 0 Å². The maximum atomic E-state index is 14.7. The maximum absolute atomic E-state index is 14.7. The van der Waals surface area contributed by atoms with E-state index in [0.717, 1.165) is 49.7 Å². The van der Waals surface area contributed by atoms with Gasteiger partial charge in [-0.05, 0) is 61.1 Å². The van der Waals surface area contributed by atoms with Gasteiger partial charge in [0.05, 0.1) is 30.4 Å². The van der Waals surface area contributed by atoms with Crippen LogP contribution in [-0.2, 0) is 28.8 Å². The van der Waals surface area contributed by atoms with Crippen LogP contribution in [0.2, 0.25) is 5.02 Å². The van der Waals surface area contributed by atoms with Crippen molar-refractivity contribution in [2.24, 2.45) is 28.3 Å². The zero-order chi connectivity index (χ0) is 36.4. The SMILES string of the molecule is CCC(=O)C(=O)[C@@H](CC(=O)[C@@H]1C[C@]2(CC(c3cc(Cl)c(OC)cc3C)=NO2)CN1C(=O)C(NC(=O)CC1CCCCC1)C(C)(C)C)CC1CC1. The number of ketones is 3. The number of aryl methyl sites for hydroxylation is 1. The number of hydrogen-bond acceptors (Lipinski definition) is 8. The largest absolute Gasteiger partial charge is 0.495 e. The standard InChI is InChI=1S/C39H54ClN3O7/c1-7-31(44)35(47)26(16-25-13-14-25)18-32(45)30-21-39(20-29(42-50-39)27-19-28(40)33(49-6)15-23(27)2)22-43(30)37(48)36(38(3,4)5)41-34(46)17-24-11-9-8-10-12-24/h15,19,24-26,30,36H,7-14,16-18,20-22H2,1-6H3,(H,41,46)/t26-,30+,36?,39-/m1/s1. The number of likely N-dealkylation sites (tertiary alicyclic amines) is 1. The zero-order valence-corrected chi connectivity index (χ0v) is 31.3. The Labute approximate surface area is 301 Å². The van der Waals surface area contributed by atoms with E-state index >= 15 is 0 Å². The van der Waals surface area contributed by atoms with Crippen molar-refractivity contribution >= 4 is 46.5 Å². The van der Waals surface area contributed by atoms with Crippen LogP contribution in [0.4, 0.5) is 0 Å². The van der Waals surface area contributed by atoms with Gasteiger partial charge in [0.1, 0.15) is 11.8 Å². The highest BCUT2D eigenvalue weighted by Gasteiger charge is 2.55. The first-order valence-corrected chi connectivity index (χ1v) is 18.8. The third-order valence-corrected chi connectivity index (χ3v) is 11.3. The van der Waals surface area contributed by atoms with Crippen molar-refractivity contribution in [3.63, 3.8) is 0 Å². The van der Waals surface area contributed by atoms with E-state index in [1.165, 1.54) is 6.42 Å². The van der Waals surface area contributed by atoms with Gasteiger partial charge in [-0.25, -0.2) is 0 Å². The highest BCUT2D eigenvalue weighted by atomic mass is 35.5. The fourth-order valence-corrected chi connectivity index (χ4v) is 8.20. The molecule has 2 amide bonds. The second kappa shape index (κ2) is 15.5. The third-order valence-electron chi connectivity index (χ3n) is 11.0. The van der Waals surface area contributed by atoms with Crippen molar-refractivity contribution in [1.82, 2.24) is 10.2 Å². The van der Waals surface area contributed by atoms with Gasteiger partial charge in [-0.15, -0.1) is 0 Å². The molecule has 1 N–H and O–H groups in total. The van der Waals surface area contributed by atoms with E-state index in [-0.39, 0.29) is 43.4 Å². The first-order valence-electron chi connectivity index (χ1n) is 18.4. The maximum Gasteiger partial charge on any atom is 0.246 e. The normalized spacial score (nSPS) is 23.6. The first kappa shape index (κ1) is 38.0. The molecule has 2 heterocycles. The molecule has 11 heteroatoms. The van der Waals surface area contributed by atoms with Crippen LogP contribution >= 0.6 is 11.6 Å². The molecular formula is C39H54ClN3O7. The first-order chi connectivity index (χ1) is 23.6. The predicted octanol–water partition coefficient (Wildman–Crippen LogP) is 6.55. The highest BCUT2D eigenvalue weighted by molar-refractivity contribution is 6.38. The van der Waals surface area contributed by atoms with Crippen molar-refractivity contribution in [2.45, 2.75) is 136 Å². The van der Waals surface area contributed by atoms with Crippen LogP contribution in [-0.4, -0.2) is 71.1 Å². The van der Waals surface area contributed by atoms with Crippen LogP contribution < -0.4 is 10.1 Å². The fourth-order valence-electron chi connectivity index (χ4n) is 7.96. The quantitative estimate of drug-likeness (QED) is 0.217. The molecule has 274 valence electrons. The van der Waals surface area contributed by atoms with Crippen LogP contribution in [0, 0.1) is 30.1 Å². The Morgan fingerprint density at radius 2 is 1.78 bits per heavy atom. The molecule has 1 spiro atoms. The summed E-state index contributed by atoms with van der Waals surface area (Å²) in [4.78, 5) is 75.8. The van der Waals surface area contributed by atoms with Crippen molar-refractivity contribution < 1.29 is 33.5 Å². The summed E-state index contributed by atoms with van der Waals surface area (Å²) in [7, 11) is 1.55. The van der Waals surface area contributed by atoms with Crippen LogP contribution in [0.15, 0.2) is 17.3 Å². The van der Waals surface area contributed by atoms with Gasteiger partial charge in [0.25, 0.3) is 0 Å². The molecule has 2 aliphatic heterocycles.